The van der Waals surface area contributed by atoms with E-state index in [9.17, 15) is 0 Å². The molecule has 0 spiro atoms. The molecule has 1 saturated carbocycles. The second-order valence-corrected chi connectivity index (χ2v) is 5.33. The van der Waals surface area contributed by atoms with Crippen molar-refractivity contribution in [3.63, 3.8) is 0 Å². The zero-order valence-corrected chi connectivity index (χ0v) is 11.4. The average molecular weight is 272 g/mol. The van der Waals surface area contributed by atoms with Crippen LogP contribution in [0.2, 0.25) is 0 Å². The van der Waals surface area contributed by atoms with Crippen LogP contribution < -0.4 is 11.1 Å². The summed E-state index contributed by atoms with van der Waals surface area (Å²) in [6.07, 6.45) is 6.62. The number of benzene rings is 1. The van der Waals surface area contributed by atoms with Gasteiger partial charge in [0.05, 0.1) is 5.69 Å². The molecule has 1 aliphatic carbocycles. The van der Waals surface area contributed by atoms with E-state index in [1.54, 1.807) is 11.0 Å². The molecule has 1 heterocycles. The molecule has 3 rings (SSSR count). The lowest BCUT2D eigenvalue weighted by molar-refractivity contribution is 0.332. The summed E-state index contributed by atoms with van der Waals surface area (Å²) in [5, 5.41) is 14.8. The third kappa shape index (κ3) is 2.80. The first kappa shape index (κ1) is 13.1. The van der Waals surface area contributed by atoms with Crippen molar-refractivity contribution in [2.75, 3.05) is 11.9 Å². The smallest absolute Gasteiger partial charge is 0.143 e. The molecule has 106 valence electrons. The van der Waals surface area contributed by atoms with Gasteiger partial charge >= 0.3 is 0 Å². The van der Waals surface area contributed by atoms with Crippen LogP contribution in [0, 0.1) is 5.92 Å². The molecule has 6 nitrogen and oxygen atoms in total. The average Bonchev–Trinajstić information content (AvgIpc) is 3.03. The highest BCUT2D eigenvalue weighted by Crippen LogP contribution is 2.26. The van der Waals surface area contributed by atoms with Crippen LogP contribution in [0.15, 0.2) is 30.6 Å². The molecular formula is C14H20N6. The molecule has 1 aromatic carbocycles. The third-order valence-corrected chi connectivity index (χ3v) is 4.04. The topological polar surface area (TPSA) is 81.6 Å². The first-order valence-corrected chi connectivity index (χ1v) is 7.17. The second-order valence-electron chi connectivity index (χ2n) is 5.33. The van der Waals surface area contributed by atoms with E-state index in [1.165, 1.54) is 25.7 Å². The van der Waals surface area contributed by atoms with Gasteiger partial charge in [-0.15, -0.1) is 5.10 Å². The third-order valence-electron chi connectivity index (χ3n) is 4.04. The van der Waals surface area contributed by atoms with Gasteiger partial charge in [-0.05, 0) is 60.0 Å². The molecule has 1 fully saturated rings. The minimum atomic E-state index is 0.493. The summed E-state index contributed by atoms with van der Waals surface area (Å²) < 4.78 is 1.65. The number of nitrogens with zero attached hydrogens (tertiary/aromatic N) is 4. The zero-order chi connectivity index (χ0) is 13.8. The van der Waals surface area contributed by atoms with Crippen LogP contribution in [0.25, 0.3) is 5.69 Å². The maximum Gasteiger partial charge on any atom is 0.143 e. The largest absolute Gasteiger partial charge is 0.382 e. The predicted octanol–water partition coefficient (Wildman–Crippen LogP) is 1.59. The van der Waals surface area contributed by atoms with Crippen molar-refractivity contribution in [3.05, 3.63) is 30.6 Å². The van der Waals surface area contributed by atoms with Crippen LogP contribution >= 0.6 is 0 Å². The predicted molar refractivity (Wildman–Crippen MR) is 77.6 cm³/mol. The van der Waals surface area contributed by atoms with Gasteiger partial charge in [0, 0.05) is 11.7 Å². The fourth-order valence-corrected chi connectivity index (χ4v) is 2.88. The van der Waals surface area contributed by atoms with Crippen LogP contribution in [0.1, 0.15) is 25.7 Å². The lowest BCUT2D eigenvalue weighted by Crippen LogP contribution is -2.36. The standard InChI is InChI=1S/C14H20N6/c15-9-11-3-1-2-4-14(11)17-12-5-7-13(8-6-12)20-10-16-18-19-20/h5-8,10-11,14,17H,1-4,9,15H2. The van der Waals surface area contributed by atoms with E-state index in [0.29, 0.717) is 12.0 Å². The Bertz CT molecular complexity index is 521. The molecule has 0 saturated heterocycles. The van der Waals surface area contributed by atoms with E-state index in [1.807, 2.05) is 12.1 Å². The molecule has 3 N–H and O–H groups in total. The van der Waals surface area contributed by atoms with E-state index in [2.05, 4.69) is 33.0 Å². The molecule has 0 radical (unpaired) electrons. The molecule has 1 aromatic heterocycles. The second kappa shape index (κ2) is 6.00. The van der Waals surface area contributed by atoms with E-state index in [0.717, 1.165) is 17.9 Å². The van der Waals surface area contributed by atoms with Crippen molar-refractivity contribution in [3.8, 4) is 5.69 Å². The minimum Gasteiger partial charge on any atom is -0.382 e. The summed E-state index contributed by atoms with van der Waals surface area (Å²) in [5.41, 5.74) is 7.96. The number of nitrogens with two attached hydrogens (primary N) is 1. The Kier molecular flexibility index (Phi) is 3.92. The van der Waals surface area contributed by atoms with Gasteiger partial charge in [-0.2, -0.15) is 0 Å². The van der Waals surface area contributed by atoms with Crippen LogP contribution in [0.4, 0.5) is 5.69 Å². The van der Waals surface area contributed by atoms with Crippen LogP contribution in [-0.2, 0) is 0 Å². The molecule has 0 aliphatic heterocycles. The minimum absolute atomic E-state index is 0.493. The summed E-state index contributed by atoms with van der Waals surface area (Å²) in [6, 6.07) is 8.66. The first-order valence-electron chi connectivity index (χ1n) is 7.17. The molecular weight excluding hydrogens is 252 g/mol. The fraction of sp³-hybridized carbons (Fsp3) is 0.500. The van der Waals surface area contributed by atoms with Gasteiger partial charge in [0.1, 0.15) is 6.33 Å². The Morgan fingerprint density at radius 2 is 2.00 bits per heavy atom. The van der Waals surface area contributed by atoms with Crippen molar-refractivity contribution in [2.45, 2.75) is 31.7 Å². The number of nitrogens with one attached hydrogen (secondary N) is 1. The zero-order valence-electron chi connectivity index (χ0n) is 11.4. The van der Waals surface area contributed by atoms with Gasteiger partial charge in [-0.25, -0.2) is 4.68 Å². The van der Waals surface area contributed by atoms with E-state index in [-0.39, 0.29) is 0 Å². The number of tetrazole rings is 1. The highest BCUT2D eigenvalue weighted by Gasteiger charge is 2.23. The Balaban J connectivity index is 1.68. The lowest BCUT2D eigenvalue weighted by atomic mass is 9.84. The molecule has 2 atom stereocenters. The number of hydrogen-bond acceptors (Lipinski definition) is 5. The summed E-state index contributed by atoms with van der Waals surface area (Å²) in [7, 11) is 0. The molecule has 0 bridgehead atoms. The molecule has 2 unspecified atom stereocenters. The van der Waals surface area contributed by atoms with Gasteiger partial charge in [-0.3, -0.25) is 0 Å². The summed E-state index contributed by atoms with van der Waals surface area (Å²) in [5.74, 6) is 0.586. The quantitative estimate of drug-likeness (QED) is 0.883. The van der Waals surface area contributed by atoms with Crippen molar-refractivity contribution in [1.29, 1.82) is 0 Å². The maximum absolute atomic E-state index is 5.87. The lowest BCUT2D eigenvalue weighted by Gasteiger charge is -2.32. The fourth-order valence-electron chi connectivity index (χ4n) is 2.88. The van der Waals surface area contributed by atoms with Gasteiger partial charge < -0.3 is 11.1 Å². The number of rotatable bonds is 4. The van der Waals surface area contributed by atoms with Crippen molar-refractivity contribution >= 4 is 5.69 Å². The summed E-state index contributed by atoms with van der Waals surface area (Å²) >= 11 is 0. The monoisotopic (exact) mass is 272 g/mol. The van der Waals surface area contributed by atoms with E-state index in [4.69, 9.17) is 5.73 Å². The van der Waals surface area contributed by atoms with Crippen LogP contribution in [-0.4, -0.2) is 32.8 Å². The van der Waals surface area contributed by atoms with Gasteiger partial charge in [0.25, 0.3) is 0 Å². The van der Waals surface area contributed by atoms with E-state index < -0.39 is 0 Å². The normalized spacial score (nSPS) is 22.6. The Hall–Kier alpha value is -1.95. The van der Waals surface area contributed by atoms with Gasteiger partial charge in [-0.1, -0.05) is 12.8 Å². The Morgan fingerprint density at radius 3 is 2.70 bits per heavy atom. The molecule has 20 heavy (non-hydrogen) atoms. The van der Waals surface area contributed by atoms with E-state index >= 15 is 0 Å². The van der Waals surface area contributed by atoms with Gasteiger partial charge in [0.2, 0.25) is 0 Å². The molecule has 0 amide bonds. The molecule has 1 aliphatic rings. The number of hydrogen-bond donors (Lipinski definition) is 2. The van der Waals surface area contributed by atoms with Crippen LogP contribution in [0.3, 0.4) is 0 Å². The molecule has 6 heteroatoms. The molecule has 2 aromatic rings. The summed E-state index contributed by atoms with van der Waals surface area (Å²) in [4.78, 5) is 0. The summed E-state index contributed by atoms with van der Waals surface area (Å²) in [6.45, 7) is 0.764. The van der Waals surface area contributed by atoms with Crippen molar-refractivity contribution in [2.24, 2.45) is 11.7 Å². The Morgan fingerprint density at radius 1 is 1.20 bits per heavy atom. The first-order chi connectivity index (χ1) is 9.86. The van der Waals surface area contributed by atoms with Crippen molar-refractivity contribution in [1.82, 2.24) is 20.2 Å². The van der Waals surface area contributed by atoms with Gasteiger partial charge in [0.15, 0.2) is 0 Å². The SMILES string of the molecule is NCC1CCCCC1Nc1ccc(-n2cnnn2)cc1. The number of aromatic nitrogens is 4. The van der Waals surface area contributed by atoms with Crippen LogP contribution in [0.5, 0.6) is 0 Å². The number of anilines is 1. The Labute approximate surface area is 118 Å². The van der Waals surface area contributed by atoms with Crippen molar-refractivity contribution < 1.29 is 0 Å². The highest BCUT2D eigenvalue weighted by atomic mass is 15.5. The maximum atomic E-state index is 5.87. The highest BCUT2D eigenvalue weighted by molar-refractivity contribution is 5.49.